The van der Waals surface area contributed by atoms with Gasteiger partial charge >= 0.3 is 0 Å². The molecule has 2 aliphatic heterocycles. The highest BCUT2D eigenvalue weighted by Crippen LogP contribution is 2.44. The second kappa shape index (κ2) is 9.93. The minimum Gasteiger partial charge on any atom is -0.383 e. The Kier molecular flexibility index (Phi) is 6.80. The minimum absolute atomic E-state index is 0.0716. The van der Waals surface area contributed by atoms with Crippen LogP contribution in [0.5, 0.6) is 0 Å². The molecular formula is C23H29N5O2S2. The Morgan fingerprint density at radius 3 is 3.19 bits per heavy atom. The maximum Gasteiger partial charge on any atom is 0.226 e. The summed E-state index contributed by atoms with van der Waals surface area (Å²) in [5.74, 6) is 0.0716. The summed E-state index contributed by atoms with van der Waals surface area (Å²) in [6, 6.07) is 2.43. The Morgan fingerprint density at radius 1 is 1.38 bits per heavy atom. The molecule has 0 aliphatic carbocycles. The molecule has 5 heterocycles. The molecule has 7 nitrogen and oxygen atoms in total. The molecule has 0 spiro atoms. The zero-order chi connectivity index (χ0) is 21.9. The number of hydrogen-bond acceptors (Lipinski definition) is 8. The minimum atomic E-state index is 0.0716. The standard InChI is InChI=1S/C23H29N5O2S2/c1-30-14-15-4-2-3-10-28(15)11-7-20(29)27-23-21(16-5-8-25-13-19(16)32-23)22-26-17-12-24-9-6-18(17)31-22/h6,9,12,15,25H,2-5,7-8,10-11,13-14H2,1H3,(H,27,29). The summed E-state index contributed by atoms with van der Waals surface area (Å²) in [4.78, 5) is 25.8. The Bertz CT molecular complexity index is 1060. The average molecular weight is 472 g/mol. The third-order valence-electron chi connectivity index (χ3n) is 6.32. The van der Waals surface area contributed by atoms with E-state index in [4.69, 9.17) is 9.72 Å². The number of carbonyl (C=O) groups excluding carboxylic acids is 1. The molecule has 1 atom stereocenters. The van der Waals surface area contributed by atoms with E-state index in [1.54, 1.807) is 36.0 Å². The first kappa shape index (κ1) is 21.9. The normalized spacial score (nSPS) is 19.2. The van der Waals surface area contributed by atoms with E-state index in [-0.39, 0.29) is 5.91 Å². The van der Waals surface area contributed by atoms with E-state index in [0.717, 1.165) is 71.4 Å². The number of pyridine rings is 1. The average Bonchev–Trinajstić information content (AvgIpc) is 3.39. The number of thiazole rings is 1. The number of rotatable bonds is 7. The first-order chi connectivity index (χ1) is 15.7. The van der Waals surface area contributed by atoms with Gasteiger partial charge in [0.2, 0.25) is 5.91 Å². The zero-order valence-electron chi connectivity index (χ0n) is 18.4. The summed E-state index contributed by atoms with van der Waals surface area (Å²) in [6.45, 7) is 4.36. The number of methoxy groups -OCH3 is 1. The molecule has 0 radical (unpaired) electrons. The van der Waals surface area contributed by atoms with Crippen molar-refractivity contribution < 1.29 is 9.53 Å². The van der Waals surface area contributed by atoms with Crippen LogP contribution in [0.3, 0.4) is 0 Å². The fraction of sp³-hybridized carbons (Fsp3) is 0.522. The fourth-order valence-electron chi connectivity index (χ4n) is 4.71. The van der Waals surface area contributed by atoms with Crippen molar-refractivity contribution in [3.8, 4) is 10.6 Å². The molecule has 3 aromatic rings. The summed E-state index contributed by atoms with van der Waals surface area (Å²) >= 11 is 3.36. The van der Waals surface area contributed by atoms with Gasteiger partial charge in [-0.15, -0.1) is 22.7 Å². The van der Waals surface area contributed by atoms with E-state index in [9.17, 15) is 4.79 Å². The third kappa shape index (κ3) is 4.58. The van der Waals surface area contributed by atoms with Gasteiger partial charge in [0.15, 0.2) is 0 Å². The highest BCUT2D eigenvalue weighted by molar-refractivity contribution is 7.22. The van der Waals surface area contributed by atoms with Crippen LogP contribution in [-0.2, 0) is 22.5 Å². The van der Waals surface area contributed by atoms with Crippen LogP contribution in [0, 0.1) is 0 Å². The lowest BCUT2D eigenvalue weighted by atomic mass is 10.0. The van der Waals surface area contributed by atoms with Gasteiger partial charge in [0.05, 0.1) is 17.5 Å². The topological polar surface area (TPSA) is 79.4 Å². The van der Waals surface area contributed by atoms with E-state index in [0.29, 0.717) is 12.5 Å². The Labute approximate surface area is 196 Å². The molecule has 32 heavy (non-hydrogen) atoms. The van der Waals surface area contributed by atoms with Crippen LogP contribution < -0.4 is 10.6 Å². The lowest BCUT2D eigenvalue weighted by molar-refractivity contribution is -0.116. The van der Waals surface area contributed by atoms with Crippen LogP contribution in [0.25, 0.3) is 20.8 Å². The van der Waals surface area contributed by atoms with Crippen molar-refractivity contribution in [1.29, 1.82) is 0 Å². The van der Waals surface area contributed by atoms with Gasteiger partial charge in [-0.2, -0.15) is 0 Å². The first-order valence-electron chi connectivity index (χ1n) is 11.3. The Hall–Kier alpha value is -1.91. The number of amides is 1. The summed E-state index contributed by atoms with van der Waals surface area (Å²) in [6.07, 6.45) is 8.65. The Balaban J connectivity index is 1.35. The number of hydrogen-bond donors (Lipinski definition) is 2. The number of aromatic nitrogens is 2. The lowest BCUT2D eigenvalue weighted by Gasteiger charge is -2.35. The number of nitrogens with one attached hydrogen (secondary N) is 2. The second-order valence-corrected chi connectivity index (χ2v) is 10.6. The van der Waals surface area contributed by atoms with Gasteiger partial charge < -0.3 is 15.4 Å². The van der Waals surface area contributed by atoms with Crippen LogP contribution in [0.1, 0.15) is 36.1 Å². The van der Waals surface area contributed by atoms with Crippen molar-refractivity contribution in [3.05, 3.63) is 28.9 Å². The predicted octanol–water partition coefficient (Wildman–Crippen LogP) is 3.90. The van der Waals surface area contributed by atoms with Crippen LogP contribution in [0.15, 0.2) is 18.5 Å². The molecule has 2 N–H and O–H groups in total. The van der Waals surface area contributed by atoms with E-state index in [2.05, 4.69) is 20.5 Å². The van der Waals surface area contributed by atoms with Crippen molar-refractivity contribution in [2.24, 2.45) is 0 Å². The molecule has 170 valence electrons. The number of thiophene rings is 1. The second-order valence-electron chi connectivity index (χ2n) is 8.44. The summed E-state index contributed by atoms with van der Waals surface area (Å²) < 4.78 is 6.51. The maximum atomic E-state index is 13.0. The molecular weight excluding hydrogens is 442 g/mol. The van der Waals surface area contributed by atoms with Gasteiger partial charge in [-0.3, -0.25) is 14.7 Å². The summed E-state index contributed by atoms with van der Waals surface area (Å²) in [5.41, 5.74) is 3.34. The third-order valence-corrected chi connectivity index (χ3v) is 8.52. The Morgan fingerprint density at radius 2 is 2.31 bits per heavy atom. The molecule has 1 saturated heterocycles. The number of carbonyl (C=O) groups is 1. The number of fused-ring (bicyclic) bond motifs is 2. The first-order valence-corrected chi connectivity index (χ1v) is 12.9. The van der Waals surface area contributed by atoms with Gasteiger partial charge in [0.25, 0.3) is 0 Å². The summed E-state index contributed by atoms with van der Waals surface area (Å²) in [5, 5.41) is 8.60. The van der Waals surface area contributed by atoms with E-state index < -0.39 is 0 Å². The smallest absolute Gasteiger partial charge is 0.226 e. The molecule has 0 bridgehead atoms. The molecule has 0 aromatic carbocycles. The van der Waals surface area contributed by atoms with Crippen molar-refractivity contribution in [2.45, 2.75) is 44.7 Å². The highest BCUT2D eigenvalue weighted by atomic mass is 32.1. The number of piperidine rings is 1. The molecule has 2 aliphatic rings. The van der Waals surface area contributed by atoms with Gasteiger partial charge in [0.1, 0.15) is 15.5 Å². The maximum absolute atomic E-state index is 13.0. The summed E-state index contributed by atoms with van der Waals surface area (Å²) in [7, 11) is 1.76. The van der Waals surface area contributed by atoms with Crippen molar-refractivity contribution in [1.82, 2.24) is 20.2 Å². The van der Waals surface area contributed by atoms with E-state index in [1.165, 1.54) is 23.3 Å². The SMILES string of the molecule is COCC1CCCCN1CCC(=O)Nc1sc2c(c1-c1nc3cnccc3s1)CCNC2. The molecule has 1 fully saturated rings. The van der Waals surface area contributed by atoms with Crippen LogP contribution >= 0.6 is 22.7 Å². The van der Waals surface area contributed by atoms with E-state index >= 15 is 0 Å². The number of nitrogens with zero attached hydrogens (tertiary/aromatic N) is 3. The fourth-order valence-corrected chi connectivity index (χ4v) is 7.02. The predicted molar refractivity (Wildman–Crippen MR) is 130 cm³/mol. The molecule has 1 unspecified atom stereocenters. The van der Waals surface area contributed by atoms with Crippen LogP contribution in [0.4, 0.5) is 5.00 Å². The van der Waals surface area contributed by atoms with Gasteiger partial charge in [-0.05, 0) is 44.0 Å². The largest absolute Gasteiger partial charge is 0.383 e. The van der Waals surface area contributed by atoms with Gasteiger partial charge in [-0.1, -0.05) is 6.42 Å². The van der Waals surface area contributed by atoms with Crippen molar-refractivity contribution >= 4 is 43.8 Å². The molecule has 5 rings (SSSR count). The number of anilines is 1. The lowest BCUT2D eigenvalue weighted by Crippen LogP contribution is -2.43. The highest BCUT2D eigenvalue weighted by Gasteiger charge is 2.26. The van der Waals surface area contributed by atoms with Crippen molar-refractivity contribution in [2.75, 3.05) is 38.7 Å². The van der Waals surface area contributed by atoms with Crippen LogP contribution in [0.2, 0.25) is 0 Å². The zero-order valence-corrected chi connectivity index (χ0v) is 20.0. The molecule has 9 heteroatoms. The van der Waals surface area contributed by atoms with Gasteiger partial charge in [-0.25, -0.2) is 4.98 Å². The quantitative estimate of drug-likeness (QED) is 0.544. The molecule has 1 amide bonds. The van der Waals surface area contributed by atoms with Gasteiger partial charge in [0, 0.05) is 49.3 Å². The van der Waals surface area contributed by atoms with Crippen molar-refractivity contribution in [3.63, 3.8) is 0 Å². The molecule has 0 saturated carbocycles. The van der Waals surface area contributed by atoms with Crippen LogP contribution in [-0.4, -0.2) is 60.2 Å². The van der Waals surface area contributed by atoms with E-state index in [1.807, 2.05) is 12.3 Å². The number of ether oxygens (including phenoxy) is 1. The molecule has 3 aromatic heterocycles. The monoisotopic (exact) mass is 471 g/mol. The number of likely N-dealkylation sites (tertiary alicyclic amines) is 1.